The van der Waals surface area contributed by atoms with Crippen LogP contribution < -0.4 is 0 Å². The molecule has 0 saturated heterocycles. The first-order chi connectivity index (χ1) is 7.81. The van der Waals surface area contributed by atoms with Crippen LogP contribution in [0.25, 0.3) is 0 Å². The van der Waals surface area contributed by atoms with Crippen LogP contribution in [0.5, 0.6) is 0 Å². The first-order valence-corrected chi connectivity index (χ1v) is 9.13. The van der Waals surface area contributed by atoms with E-state index in [1.807, 2.05) is 6.08 Å². The summed E-state index contributed by atoms with van der Waals surface area (Å²) in [6.07, 6.45) is 10.0. The fourth-order valence-electron chi connectivity index (χ4n) is 1.03. The van der Waals surface area contributed by atoms with E-state index in [0.717, 1.165) is 25.7 Å². The maximum absolute atomic E-state index is 10.0. The molecule has 0 aromatic rings. The van der Waals surface area contributed by atoms with Crippen molar-refractivity contribution in [3.8, 4) is 0 Å². The molecule has 0 saturated carbocycles. The quantitative estimate of drug-likeness (QED) is 0.225. The Morgan fingerprint density at radius 3 is 2.29 bits per heavy atom. The van der Waals surface area contributed by atoms with E-state index in [4.69, 9.17) is 4.43 Å². The van der Waals surface area contributed by atoms with Crippen LogP contribution in [-0.4, -0.2) is 21.2 Å². The lowest BCUT2D eigenvalue weighted by Crippen LogP contribution is -2.40. The maximum Gasteiger partial charge on any atom is 0.191 e. The van der Waals surface area contributed by atoms with Gasteiger partial charge in [-0.05, 0) is 37.0 Å². The van der Waals surface area contributed by atoms with E-state index in [0.29, 0.717) is 0 Å². The van der Waals surface area contributed by atoms with Gasteiger partial charge < -0.3 is 4.43 Å². The molecule has 0 aliphatic rings. The van der Waals surface area contributed by atoms with E-state index in [2.05, 4.69) is 39.9 Å². The highest BCUT2D eigenvalue weighted by Crippen LogP contribution is 2.36. The number of allylic oxidation sites excluding steroid dienone is 4. The molecule has 0 aliphatic heterocycles. The minimum atomic E-state index is -1.57. The number of rotatable bonds is 7. The predicted molar refractivity (Wildman–Crippen MR) is 76.7 cm³/mol. The third kappa shape index (κ3) is 7.29. The number of carbonyl (C=O) groups is 1. The molecule has 0 amide bonds. The van der Waals surface area contributed by atoms with Gasteiger partial charge in [0.15, 0.2) is 8.32 Å². The topological polar surface area (TPSA) is 26.3 Å². The molecule has 98 valence electrons. The Bertz CT molecular complexity index is 272. The van der Waals surface area contributed by atoms with E-state index < -0.39 is 8.32 Å². The number of carbonyl (C=O) groups excluding carboxylic acids is 1. The van der Waals surface area contributed by atoms with Gasteiger partial charge in [-0.3, -0.25) is 4.79 Å². The molecule has 0 atom stereocenters. The number of unbranched alkanes of at least 4 members (excludes halogenated alkanes) is 1. The van der Waals surface area contributed by atoms with Gasteiger partial charge in [0.2, 0.25) is 0 Å². The SMILES string of the molecule is CC(C)(C)[Si](C)(C)OCCC/C=C/C=C/C=O. The Hall–Kier alpha value is -0.673. The summed E-state index contributed by atoms with van der Waals surface area (Å²) in [6.45, 7) is 12.1. The van der Waals surface area contributed by atoms with Gasteiger partial charge in [-0.15, -0.1) is 0 Å². The van der Waals surface area contributed by atoms with Crippen molar-refractivity contribution < 1.29 is 9.22 Å². The Morgan fingerprint density at radius 2 is 1.76 bits per heavy atom. The number of hydrogen-bond donors (Lipinski definition) is 0. The normalized spacial score (nSPS) is 13.7. The van der Waals surface area contributed by atoms with Crippen molar-refractivity contribution in [1.29, 1.82) is 0 Å². The molecule has 0 heterocycles. The molecule has 2 nitrogen and oxygen atoms in total. The highest BCUT2D eigenvalue weighted by Gasteiger charge is 2.36. The predicted octanol–water partition coefficient (Wildman–Crippen LogP) is 4.10. The maximum atomic E-state index is 10.0. The molecular formula is C14H26O2Si. The minimum absolute atomic E-state index is 0.287. The summed E-state index contributed by atoms with van der Waals surface area (Å²) in [5.41, 5.74) is 0. The van der Waals surface area contributed by atoms with Crippen LogP contribution in [0.15, 0.2) is 24.3 Å². The molecule has 0 aliphatic carbocycles. The molecule has 0 bridgehead atoms. The minimum Gasteiger partial charge on any atom is -0.417 e. The standard InChI is InChI=1S/C14H26O2Si/c1-14(2,3)17(4,5)16-13-11-9-7-6-8-10-12-15/h6-8,10,12H,9,11,13H2,1-5H3/b7-6+,10-8+. The van der Waals surface area contributed by atoms with E-state index in [1.54, 1.807) is 6.08 Å². The first kappa shape index (κ1) is 16.3. The number of aldehydes is 1. The van der Waals surface area contributed by atoms with Crippen molar-refractivity contribution in [3.63, 3.8) is 0 Å². The van der Waals surface area contributed by atoms with Gasteiger partial charge >= 0.3 is 0 Å². The lowest BCUT2D eigenvalue weighted by molar-refractivity contribution is -0.104. The summed E-state index contributed by atoms with van der Waals surface area (Å²) < 4.78 is 6.05. The zero-order valence-corrected chi connectivity index (χ0v) is 12.8. The third-order valence-corrected chi connectivity index (χ3v) is 7.76. The smallest absolute Gasteiger partial charge is 0.191 e. The molecule has 0 aromatic carbocycles. The molecule has 0 unspecified atom stereocenters. The van der Waals surface area contributed by atoms with Crippen LogP contribution in [0, 0.1) is 0 Å². The molecule has 0 rings (SSSR count). The monoisotopic (exact) mass is 254 g/mol. The van der Waals surface area contributed by atoms with Gasteiger partial charge in [-0.1, -0.05) is 39.0 Å². The number of hydrogen-bond acceptors (Lipinski definition) is 2. The molecule has 3 heteroatoms. The molecule has 0 spiro atoms. The van der Waals surface area contributed by atoms with Crippen molar-refractivity contribution in [3.05, 3.63) is 24.3 Å². The third-order valence-electron chi connectivity index (χ3n) is 3.22. The highest BCUT2D eigenvalue weighted by molar-refractivity contribution is 6.74. The second-order valence-electron chi connectivity index (χ2n) is 5.70. The van der Waals surface area contributed by atoms with Gasteiger partial charge in [0.25, 0.3) is 0 Å². The average Bonchev–Trinajstić information content (AvgIpc) is 2.20. The summed E-state index contributed by atoms with van der Waals surface area (Å²) in [4.78, 5) is 10.0. The molecule has 0 radical (unpaired) electrons. The second kappa shape index (κ2) is 7.61. The van der Waals surface area contributed by atoms with Crippen LogP contribution in [0.4, 0.5) is 0 Å². The Kier molecular flexibility index (Phi) is 7.31. The van der Waals surface area contributed by atoms with Crippen molar-refractivity contribution in [2.45, 2.75) is 51.7 Å². The highest BCUT2D eigenvalue weighted by atomic mass is 28.4. The molecule has 0 N–H and O–H groups in total. The zero-order chi connectivity index (χ0) is 13.4. The van der Waals surface area contributed by atoms with Crippen LogP contribution in [0.3, 0.4) is 0 Å². The van der Waals surface area contributed by atoms with E-state index in [9.17, 15) is 4.79 Å². The summed E-state index contributed by atoms with van der Waals surface area (Å²) in [6, 6.07) is 0. The summed E-state index contributed by atoms with van der Waals surface area (Å²) in [5.74, 6) is 0. The largest absolute Gasteiger partial charge is 0.417 e. The molecule has 0 aromatic heterocycles. The fourth-order valence-corrected chi connectivity index (χ4v) is 2.12. The van der Waals surface area contributed by atoms with Crippen LogP contribution >= 0.6 is 0 Å². The van der Waals surface area contributed by atoms with Crippen LogP contribution in [0.2, 0.25) is 18.1 Å². The van der Waals surface area contributed by atoms with E-state index >= 15 is 0 Å². The Balaban J connectivity index is 3.75. The van der Waals surface area contributed by atoms with Gasteiger partial charge in [0, 0.05) is 6.61 Å². The van der Waals surface area contributed by atoms with Gasteiger partial charge in [0.1, 0.15) is 6.29 Å². The second-order valence-corrected chi connectivity index (χ2v) is 10.5. The Morgan fingerprint density at radius 1 is 1.12 bits per heavy atom. The molecule has 0 fully saturated rings. The first-order valence-electron chi connectivity index (χ1n) is 6.22. The average molecular weight is 254 g/mol. The van der Waals surface area contributed by atoms with Crippen molar-refractivity contribution in [2.24, 2.45) is 0 Å². The summed E-state index contributed by atoms with van der Waals surface area (Å²) in [7, 11) is -1.57. The zero-order valence-electron chi connectivity index (χ0n) is 11.8. The molecule has 17 heavy (non-hydrogen) atoms. The van der Waals surface area contributed by atoms with Crippen molar-refractivity contribution >= 4 is 14.6 Å². The van der Waals surface area contributed by atoms with Crippen molar-refractivity contribution in [2.75, 3.05) is 6.61 Å². The lowest BCUT2D eigenvalue weighted by atomic mass is 10.2. The van der Waals surface area contributed by atoms with Crippen molar-refractivity contribution in [1.82, 2.24) is 0 Å². The molecular weight excluding hydrogens is 228 g/mol. The lowest BCUT2D eigenvalue weighted by Gasteiger charge is -2.36. The van der Waals surface area contributed by atoms with Crippen LogP contribution in [0.1, 0.15) is 33.6 Å². The van der Waals surface area contributed by atoms with Gasteiger partial charge in [0.05, 0.1) is 0 Å². The summed E-state index contributed by atoms with van der Waals surface area (Å²) in [5, 5.41) is 0.287. The van der Waals surface area contributed by atoms with E-state index in [1.165, 1.54) is 6.08 Å². The van der Waals surface area contributed by atoms with Gasteiger partial charge in [-0.2, -0.15) is 0 Å². The fraction of sp³-hybridized carbons (Fsp3) is 0.643. The Labute approximate surface area is 107 Å². The van der Waals surface area contributed by atoms with Crippen LogP contribution in [-0.2, 0) is 9.22 Å². The van der Waals surface area contributed by atoms with E-state index in [-0.39, 0.29) is 5.04 Å². The summed E-state index contributed by atoms with van der Waals surface area (Å²) >= 11 is 0. The van der Waals surface area contributed by atoms with Gasteiger partial charge in [-0.25, -0.2) is 0 Å².